The van der Waals surface area contributed by atoms with E-state index in [0.29, 0.717) is 52.2 Å². The van der Waals surface area contributed by atoms with Gasteiger partial charge in [-0.3, -0.25) is 14.2 Å². The highest BCUT2D eigenvalue weighted by Crippen LogP contribution is 2.38. The molecule has 0 saturated heterocycles. The zero-order chi connectivity index (χ0) is 30.4. The lowest BCUT2D eigenvalue weighted by Gasteiger charge is -2.38. The molecule has 2 aromatic heterocycles. The lowest BCUT2D eigenvalue weighted by atomic mass is 10.1. The largest absolute Gasteiger partial charge is 0.497 e. The number of fused-ring (bicyclic) bond motifs is 2. The first-order valence-corrected chi connectivity index (χ1v) is 15.0. The lowest BCUT2D eigenvalue weighted by Crippen LogP contribution is -2.48. The van der Waals surface area contributed by atoms with Crippen molar-refractivity contribution in [2.75, 3.05) is 24.0 Å². The van der Waals surface area contributed by atoms with Crippen LogP contribution >= 0.6 is 11.6 Å². The number of halogens is 1. The second-order valence-electron chi connectivity index (χ2n) is 11.2. The molecule has 1 saturated carbocycles. The Morgan fingerprint density at radius 3 is 2.50 bits per heavy atom. The molecule has 5 aromatic rings. The van der Waals surface area contributed by atoms with E-state index >= 15 is 0 Å². The molecule has 1 aliphatic carbocycles. The molecule has 3 aromatic carbocycles. The number of anilines is 2. The van der Waals surface area contributed by atoms with Gasteiger partial charge in [-0.15, -0.1) is 0 Å². The molecular formula is C34H31ClN6O3. The summed E-state index contributed by atoms with van der Waals surface area (Å²) in [5, 5.41) is 5.07. The Balaban J connectivity index is 1.30. The maximum absolute atomic E-state index is 14.0. The van der Waals surface area contributed by atoms with Crippen LogP contribution in [0.2, 0.25) is 5.02 Å². The molecule has 10 heteroatoms. The fraction of sp³-hybridized carbons (Fsp3) is 0.235. The van der Waals surface area contributed by atoms with Gasteiger partial charge in [0.15, 0.2) is 0 Å². The molecule has 2 aliphatic rings. The maximum atomic E-state index is 14.0. The second-order valence-corrected chi connectivity index (χ2v) is 11.6. The van der Waals surface area contributed by atoms with E-state index < -0.39 is 6.04 Å². The summed E-state index contributed by atoms with van der Waals surface area (Å²) >= 11 is 6.51. The van der Waals surface area contributed by atoms with Crippen LogP contribution in [0, 0.1) is 0 Å². The quantitative estimate of drug-likeness (QED) is 0.225. The number of aromatic nitrogens is 3. The molecule has 1 aliphatic heterocycles. The number of benzene rings is 3. The highest BCUT2D eigenvalue weighted by Gasteiger charge is 2.41. The predicted octanol–water partition coefficient (Wildman–Crippen LogP) is 6.20. The third-order valence-corrected chi connectivity index (χ3v) is 8.60. The summed E-state index contributed by atoms with van der Waals surface area (Å²) in [7, 11) is 1.65. The van der Waals surface area contributed by atoms with Crippen LogP contribution in [-0.4, -0.2) is 45.2 Å². The van der Waals surface area contributed by atoms with Crippen LogP contribution in [-0.2, 0) is 6.54 Å². The molecular weight excluding hydrogens is 576 g/mol. The number of nitrogens with zero attached hydrogens (tertiary/aromatic N) is 5. The summed E-state index contributed by atoms with van der Waals surface area (Å²) in [6.45, 7) is 2.98. The SMILES string of the molecule is COc1ccc(CN2CN(C3CC3)C(=O)c3c(N[C@@H](C)c4cc5cccc(Cl)c5c(=O)n4-c4ccccc4)ncnc32)cc1. The average molecular weight is 607 g/mol. The summed E-state index contributed by atoms with van der Waals surface area (Å²) < 4.78 is 7.00. The number of ether oxygens (including phenoxy) is 1. The van der Waals surface area contributed by atoms with Gasteiger partial charge in [0.05, 0.1) is 30.2 Å². The van der Waals surface area contributed by atoms with Gasteiger partial charge in [-0.25, -0.2) is 9.97 Å². The van der Waals surface area contributed by atoms with E-state index in [9.17, 15) is 9.59 Å². The van der Waals surface area contributed by atoms with Crippen LogP contribution in [0.3, 0.4) is 0 Å². The molecule has 0 radical (unpaired) electrons. The number of carbonyl (C=O) groups excluding carboxylic acids is 1. The van der Waals surface area contributed by atoms with Crippen molar-refractivity contribution in [1.29, 1.82) is 0 Å². The molecule has 1 N–H and O–H groups in total. The highest BCUT2D eigenvalue weighted by atomic mass is 35.5. The number of hydrogen-bond acceptors (Lipinski definition) is 7. The fourth-order valence-corrected chi connectivity index (χ4v) is 6.17. The lowest BCUT2D eigenvalue weighted by molar-refractivity contribution is 0.0726. The summed E-state index contributed by atoms with van der Waals surface area (Å²) in [4.78, 5) is 41.1. The molecule has 1 atom stereocenters. The van der Waals surface area contributed by atoms with Crippen molar-refractivity contribution in [1.82, 2.24) is 19.4 Å². The van der Waals surface area contributed by atoms with Crippen molar-refractivity contribution in [3.63, 3.8) is 0 Å². The molecule has 44 heavy (non-hydrogen) atoms. The Morgan fingerprint density at radius 2 is 1.77 bits per heavy atom. The van der Waals surface area contributed by atoms with Gasteiger partial charge in [0.2, 0.25) is 0 Å². The number of hydrogen-bond donors (Lipinski definition) is 1. The van der Waals surface area contributed by atoms with E-state index in [-0.39, 0.29) is 17.5 Å². The molecule has 1 fully saturated rings. The Morgan fingerprint density at radius 1 is 1.00 bits per heavy atom. The molecule has 0 bridgehead atoms. The fourth-order valence-electron chi connectivity index (χ4n) is 5.91. The summed E-state index contributed by atoms with van der Waals surface area (Å²) in [6, 6.07) is 24.6. The number of methoxy groups -OCH3 is 1. The smallest absolute Gasteiger partial charge is 0.264 e. The number of carbonyl (C=O) groups is 1. The Labute approximate surface area is 259 Å². The standard InChI is InChI=1S/C34H31ClN6O3/c1-21(28-17-23-7-6-10-27(35)29(23)34(43)41(28)25-8-4-3-5-9-25)38-31-30-32(37-19-36-31)39(20-40(33(30)42)24-13-14-24)18-22-11-15-26(44-2)16-12-22/h3-12,15-17,19,21,24H,13-14,18,20H2,1-2H3,(H,36,37,38)/t21-/m0/s1. The van der Waals surface area contributed by atoms with Crippen molar-refractivity contribution in [2.24, 2.45) is 0 Å². The first-order valence-electron chi connectivity index (χ1n) is 14.6. The molecule has 1 amide bonds. The van der Waals surface area contributed by atoms with Crippen molar-refractivity contribution in [3.05, 3.63) is 117 Å². The second kappa shape index (κ2) is 11.3. The Bertz CT molecular complexity index is 1920. The van der Waals surface area contributed by atoms with Gasteiger partial charge in [0, 0.05) is 24.0 Å². The van der Waals surface area contributed by atoms with E-state index in [0.717, 1.165) is 29.5 Å². The monoisotopic (exact) mass is 606 g/mol. The Kier molecular flexibility index (Phi) is 7.18. The van der Waals surface area contributed by atoms with Gasteiger partial charge >= 0.3 is 0 Å². The normalized spacial score (nSPS) is 15.3. The first-order chi connectivity index (χ1) is 21.4. The number of nitrogens with one attached hydrogen (secondary N) is 1. The Hall–Kier alpha value is -4.89. The number of amides is 1. The van der Waals surface area contributed by atoms with Crippen LogP contribution < -0.4 is 20.5 Å². The van der Waals surface area contributed by atoms with Crippen LogP contribution in [0.5, 0.6) is 5.75 Å². The van der Waals surface area contributed by atoms with Crippen molar-refractivity contribution < 1.29 is 9.53 Å². The van der Waals surface area contributed by atoms with E-state index in [4.69, 9.17) is 16.3 Å². The number of pyridine rings is 1. The first kappa shape index (κ1) is 27.9. The average Bonchev–Trinajstić information content (AvgIpc) is 3.88. The van der Waals surface area contributed by atoms with Gasteiger partial charge in [-0.2, -0.15) is 0 Å². The maximum Gasteiger partial charge on any atom is 0.264 e. The van der Waals surface area contributed by atoms with Crippen LogP contribution in [0.25, 0.3) is 16.5 Å². The van der Waals surface area contributed by atoms with Crippen LogP contribution in [0.4, 0.5) is 11.6 Å². The molecule has 3 heterocycles. The summed E-state index contributed by atoms with van der Waals surface area (Å²) in [5.41, 5.74) is 2.72. The van der Waals surface area contributed by atoms with Crippen molar-refractivity contribution in [3.8, 4) is 11.4 Å². The van der Waals surface area contributed by atoms with E-state index in [1.165, 1.54) is 6.33 Å². The minimum atomic E-state index is -0.413. The predicted molar refractivity (Wildman–Crippen MR) is 172 cm³/mol. The topological polar surface area (TPSA) is 92.6 Å². The van der Waals surface area contributed by atoms with Gasteiger partial charge < -0.3 is 19.9 Å². The molecule has 7 rings (SSSR count). The van der Waals surface area contributed by atoms with Crippen molar-refractivity contribution >= 4 is 39.9 Å². The minimum Gasteiger partial charge on any atom is -0.497 e. The zero-order valence-corrected chi connectivity index (χ0v) is 25.2. The van der Waals surface area contributed by atoms with Crippen LogP contribution in [0.1, 0.15) is 47.4 Å². The summed E-state index contributed by atoms with van der Waals surface area (Å²) in [5.74, 6) is 1.71. The molecule has 0 unspecified atom stereocenters. The number of para-hydroxylation sites is 1. The van der Waals surface area contributed by atoms with E-state index in [1.54, 1.807) is 17.7 Å². The van der Waals surface area contributed by atoms with Gasteiger partial charge in [0.1, 0.15) is 29.3 Å². The third-order valence-electron chi connectivity index (χ3n) is 8.28. The van der Waals surface area contributed by atoms with Crippen molar-refractivity contribution in [2.45, 2.75) is 38.4 Å². The van der Waals surface area contributed by atoms with E-state index in [1.807, 2.05) is 84.6 Å². The number of rotatable bonds is 8. The van der Waals surface area contributed by atoms with Gasteiger partial charge in [-0.1, -0.05) is 54.1 Å². The van der Waals surface area contributed by atoms with Crippen LogP contribution in [0.15, 0.2) is 90.0 Å². The molecule has 222 valence electrons. The highest BCUT2D eigenvalue weighted by molar-refractivity contribution is 6.35. The molecule has 0 spiro atoms. The third kappa shape index (κ3) is 5.03. The molecule has 9 nitrogen and oxygen atoms in total. The van der Waals surface area contributed by atoms with E-state index in [2.05, 4.69) is 20.2 Å². The van der Waals surface area contributed by atoms with Gasteiger partial charge in [-0.05, 0) is 67.1 Å². The zero-order valence-electron chi connectivity index (χ0n) is 24.4. The summed E-state index contributed by atoms with van der Waals surface area (Å²) in [6.07, 6.45) is 3.44. The minimum absolute atomic E-state index is 0.0884. The van der Waals surface area contributed by atoms with Gasteiger partial charge in [0.25, 0.3) is 11.5 Å².